The Kier molecular flexibility index (Phi) is 20.0. The van der Waals surface area contributed by atoms with Crippen molar-refractivity contribution in [1.82, 2.24) is 5.32 Å². The fourth-order valence-corrected chi connectivity index (χ4v) is 1.89. The molecule has 178 valence electrons. The van der Waals surface area contributed by atoms with E-state index in [1.165, 1.54) is 0 Å². The molecule has 0 aliphatic carbocycles. The van der Waals surface area contributed by atoms with E-state index in [4.69, 9.17) is 43.7 Å². The lowest BCUT2D eigenvalue weighted by Crippen LogP contribution is -2.34. The van der Waals surface area contributed by atoms with Gasteiger partial charge in [-0.05, 0) is 37.5 Å². The molecule has 0 saturated carbocycles. The summed E-state index contributed by atoms with van der Waals surface area (Å²) in [6, 6.07) is -2.20. The molecule has 0 unspecified atom stereocenters. The zero-order valence-electron chi connectivity index (χ0n) is 18.3. The van der Waals surface area contributed by atoms with Crippen molar-refractivity contribution in [2.45, 2.75) is 71.5 Å². The van der Waals surface area contributed by atoms with Crippen molar-refractivity contribution in [2.24, 2.45) is 34.8 Å². The second kappa shape index (κ2) is 18.6. The third-order valence-corrected chi connectivity index (χ3v) is 3.41. The first kappa shape index (κ1) is 32.2. The third kappa shape index (κ3) is 25.6. The van der Waals surface area contributed by atoms with Gasteiger partial charge in [0.15, 0.2) is 5.96 Å². The highest BCUT2D eigenvalue weighted by molar-refractivity contribution is 5.74. The molecule has 0 aliphatic heterocycles. The molecule has 30 heavy (non-hydrogen) atoms. The lowest BCUT2D eigenvalue weighted by atomic mass is 10.1. The molecule has 0 spiro atoms. The Morgan fingerprint density at radius 3 is 1.33 bits per heavy atom. The van der Waals surface area contributed by atoms with E-state index in [1.807, 2.05) is 27.7 Å². The van der Waals surface area contributed by atoms with Gasteiger partial charge in [-0.1, -0.05) is 27.7 Å². The van der Waals surface area contributed by atoms with Crippen LogP contribution in [0.3, 0.4) is 0 Å². The van der Waals surface area contributed by atoms with Gasteiger partial charge in [-0.2, -0.15) is 0 Å². The molecule has 12 heteroatoms. The van der Waals surface area contributed by atoms with Crippen LogP contribution in [0.5, 0.6) is 0 Å². The lowest BCUT2D eigenvalue weighted by molar-refractivity contribution is -0.139. The molecule has 0 amide bonds. The molecule has 12 nitrogen and oxygen atoms in total. The summed E-state index contributed by atoms with van der Waals surface area (Å²) in [6.45, 7) is 8.27. The summed E-state index contributed by atoms with van der Waals surface area (Å²) >= 11 is 0. The van der Waals surface area contributed by atoms with Crippen LogP contribution < -0.4 is 28.3 Å². The van der Waals surface area contributed by atoms with Crippen molar-refractivity contribution in [3.05, 3.63) is 0 Å². The minimum Gasteiger partial charge on any atom is -0.480 e. The van der Waals surface area contributed by atoms with Crippen molar-refractivity contribution >= 4 is 23.9 Å². The number of carbonyl (C=O) groups is 3. The predicted octanol–water partition coefficient (Wildman–Crippen LogP) is -0.450. The number of carboxylic acid groups (broad SMARTS) is 3. The van der Waals surface area contributed by atoms with Gasteiger partial charge in [0.25, 0.3) is 0 Å². The monoisotopic (exact) mass is 436 g/mol. The zero-order valence-corrected chi connectivity index (χ0v) is 18.3. The number of nitrogens with one attached hydrogen (secondary N) is 2. The second-order valence-electron chi connectivity index (χ2n) is 7.58. The molecule has 0 radical (unpaired) electrons. The molecular formula is C18H40N6O6. The highest BCUT2D eigenvalue weighted by Gasteiger charge is 2.12. The molecule has 0 aromatic heterocycles. The SMILES string of the molecule is CC(C)C[C@H](N)C(=O)O.CC(C)C[C@H](N)C(=O)O.N=C(N)NCCC[C@H](N)C(=O)O. The van der Waals surface area contributed by atoms with Gasteiger partial charge < -0.3 is 43.6 Å². The molecule has 0 aromatic carbocycles. The minimum absolute atomic E-state index is 0.112. The molecule has 0 bridgehead atoms. The largest absolute Gasteiger partial charge is 0.480 e. The van der Waals surface area contributed by atoms with Gasteiger partial charge in [-0.15, -0.1) is 0 Å². The first-order chi connectivity index (χ1) is 13.6. The molecule has 0 aliphatic rings. The first-order valence-corrected chi connectivity index (χ1v) is 9.64. The molecule has 0 aromatic rings. The summed E-state index contributed by atoms with van der Waals surface area (Å²) in [4.78, 5) is 30.4. The Hall–Kier alpha value is -2.44. The molecule has 0 fully saturated rings. The third-order valence-electron chi connectivity index (χ3n) is 3.41. The second-order valence-corrected chi connectivity index (χ2v) is 7.58. The van der Waals surface area contributed by atoms with Gasteiger partial charge in [-0.3, -0.25) is 19.8 Å². The lowest BCUT2D eigenvalue weighted by Gasteiger charge is -2.07. The van der Waals surface area contributed by atoms with Crippen LogP contribution in [0.15, 0.2) is 0 Å². The van der Waals surface area contributed by atoms with Crippen molar-refractivity contribution < 1.29 is 29.7 Å². The molecule has 3 atom stereocenters. The van der Waals surface area contributed by atoms with Crippen molar-refractivity contribution in [1.29, 1.82) is 5.41 Å². The van der Waals surface area contributed by atoms with Crippen LogP contribution in [0.25, 0.3) is 0 Å². The van der Waals surface area contributed by atoms with Crippen LogP contribution in [-0.2, 0) is 14.4 Å². The van der Waals surface area contributed by atoms with Gasteiger partial charge in [0.1, 0.15) is 18.1 Å². The van der Waals surface area contributed by atoms with Crippen LogP contribution in [0.2, 0.25) is 0 Å². The first-order valence-electron chi connectivity index (χ1n) is 9.64. The van der Waals surface area contributed by atoms with E-state index >= 15 is 0 Å². The summed E-state index contributed by atoms with van der Waals surface area (Å²) in [5, 5.41) is 34.3. The zero-order chi connectivity index (χ0) is 24.4. The van der Waals surface area contributed by atoms with Crippen molar-refractivity contribution in [3.8, 4) is 0 Å². The van der Waals surface area contributed by atoms with Crippen LogP contribution in [0.4, 0.5) is 0 Å². The average molecular weight is 437 g/mol. The summed E-state index contributed by atoms with van der Waals surface area (Å²) in [7, 11) is 0. The molecule has 0 rings (SSSR count). The fraction of sp³-hybridized carbons (Fsp3) is 0.778. The fourth-order valence-electron chi connectivity index (χ4n) is 1.89. The minimum atomic E-state index is -1.00. The van der Waals surface area contributed by atoms with Crippen LogP contribution in [-0.4, -0.2) is 63.9 Å². The normalized spacial score (nSPS) is 13.1. The number of hydrogen-bond acceptors (Lipinski definition) is 7. The predicted molar refractivity (Wildman–Crippen MR) is 115 cm³/mol. The van der Waals surface area contributed by atoms with E-state index in [-0.39, 0.29) is 5.96 Å². The van der Waals surface area contributed by atoms with E-state index in [0.29, 0.717) is 44.1 Å². The number of hydrogen-bond donors (Lipinski definition) is 9. The number of rotatable bonds is 11. The van der Waals surface area contributed by atoms with Crippen LogP contribution in [0, 0.1) is 17.2 Å². The Balaban J connectivity index is -0.000000371. The Morgan fingerprint density at radius 1 is 0.800 bits per heavy atom. The summed E-state index contributed by atoms with van der Waals surface area (Å²) in [6.07, 6.45) is 2.08. The molecule has 0 saturated heterocycles. The maximum atomic E-state index is 10.2. The average Bonchev–Trinajstić information content (AvgIpc) is 2.58. The van der Waals surface area contributed by atoms with E-state index in [9.17, 15) is 14.4 Å². The Morgan fingerprint density at radius 2 is 1.13 bits per heavy atom. The van der Waals surface area contributed by atoms with E-state index in [0.717, 1.165) is 0 Å². The van der Waals surface area contributed by atoms with E-state index in [1.54, 1.807) is 0 Å². The standard InChI is InChI=1S/C6H14N4O2.2C6H13NO2/c7-4(5(11)12)2-1-3-10-6(8)9;2*1-4(2)3-5(7)6(8)9/h4H,1-3,7H2,(H,11,12)(H4,8,9,10);2*4-5H,3,7H2,1-2H3,(H,8,9)/t4-;2*5-/m000/s1. The Bertz CT molecular complexity index is 489. The highest BCUT2D eigenvalue weighted by Crippen LogP contribution is 2.02. The number of guanidine groups is 1. The number of carboxylic acids is 3. The van der Waals surface area contributed by atoms with Gasteiger partial charge in [0.05, 0.1) is 0 Å². The summed E-state index contributed by atoms with van der Waals surface area (Å²) < 4.78 is 0. The summed E-state index contributed by atoms with van der Waals surface area (Å²) in [5.41, 5.74) is 20.7. The van der Waals surface area contributed by atoms with Gasteiger partial charge >= 0.3 is 17.9 Å². The molecule has 0 heterocycles. The maximum Gasteiger partial charge on any atom is 0.320 e. The summed E-state index contributed by atoms with van der Waals surface area (Å²) in [5.74, 6) is -2.23. The van der Waals surface area contributed by atoms with Gasteiger partial charge in [0.2, 0.25) is 0 Å². The van der Waals surface area contributed by atoms with Gasteiger partial charge in [-0.25, -0.2) is 0 Å². The topological polar surface area (TPSA) is 252 Å². The van der Waals surface area contributed by atoms with Crippen LogP contribution in [0.1, 0.15) is 53.4 Å². The number of nitrogens with two attached hydrogens (primary N) is 4. The van der Waals surface area contributed by atoms with Crippen LogP contribution >= 0.6 is 0 Å². The highest BCUT2D eigenvalue weighted by atomic mass is 16.4. The van der Waals surface area contributed by atoms with E-state index < -0.39 is 36.0 Å². The van der Waals surface area contributed by atoms with Crippen molar-refractivity contribution in [3.63, 3.8) is 0 Å². The smallest absolute Gasteiger partial charge is 0.320 e. The van der Waals surface area contributed by atoms with E-state index in [2.05, 4.69) is 5.32 Å². The Labute approximate surface area is 177 Å². The number of aliphatic carboxylic acids is 3. The quantitative estimate of drug-likeness (QED) is 0.114. The molecular weight excluding hydrogens is 396 g/mol. The van der Waals surface area contributed by atoms with Crippen molar-refractivity contribution in [2.75, 3.05) is 6.54 Å². The maximum absolute atomic E-state index is 10.2. The molecule has 13 N–H and O–H groups in total. The van der Waals surface area contributed by atoms with Gasteiger partial charge in [0, 0.05) is 6.54 Å².